The zero-order valence-corrected chi connectivity index (χ0v) is 11.6. The lowest BCUT2D eigenvalue weighted by molar-refractivity contribution is 0.705. The number of pyridine rings is 1. The largest absolute Gasteiger partial charge is 0.329 e. The summed E-state index contributed by atoms with van der Waals surface area (Å²) in [7, 11) is 0. The molecule has 3 aromatic rings. The predicted octanol–water partition coefficient (Wildman–Crippen LogP) is 3.71. The van der Waals surface area contributed by atoms with Crippen molar-refractivity contribution in [1.82, 2.24) is 14.5 Å². The first-order valence-corrected chi connectivity index (χ1v) is 7.11. The minimum atomic E-state index is 0.750. The number of aromatic nitrogens is 3. The topological polar surface area (TPSA) is 33.6 Å². The van der Waals surface area contributed by atoms with E-state index in [0.29, 0.717) is 0 Å². The molecule has 18 heavy (non-hydrogen) atoms. The molecule has 0 saturated heterocycles. The van der Waals surface area contributed by atoms with Gasteiger partial charge in [-0.15, -0.1) is 11.3 Å². The van der Waals surface area contributed by atoms with E-state index in [9.17, 15) is 0 Å². The molecule has 3 rings (SSSR count). The third-order valence-corrected chi connectivity index (χ3v) is 4.18. The number of thiophene rings is 1. The van der Waals surface area contributed by atoms with Crippen LogP contribution >= 0.6 is 23.6 Å². The van der Waals surface area contributed by atoms with Crippen LogP contribution in [0, 0.1) is 11.7 Å². The lowest BCUT2D eigenvalue weighted by Gasteiger charge is -2.02. The second-order valence-electron chi connectivity index (χ2n) is 4.23. The van der Waals surface area contributed by atoms with E-state index in [2.05, 4.69) is 32.0 Å². The van der Waals surface area contributed by atoms with Crippen molar-refractivity contribution >= 4 is 34.7 Å². The number of hydrogen-bond acceptors (Lipinski definition) is 3. The summed E-state index contributed by atoms with van der Waals surface area (Å²) >= 11 is 7.14. The van der Waals surface area contributed by atoms with Gasteiger partial charge in [0.2, 0.25) is 0 Å². The fourth-order valence-electron chi connectivity index (χ4n) is 2.01. The number of nitrogens with zero attached hydrogens (tertiary/aromatic N) is 2. The summed E-state index contributed by atoms with van der Waals surface area (Å²) in [5.41, 5.74) is 2.98. The molecule has 0 spiro atoms. The van der Waals surface area contributed by atoms with Crippen LogP contribution in [0.4, 0.5) is 0 Å². The molecule has 0 radical (unpaired) electrons. The molecule has 3 nitrogen and oxygen atoms in total. The third kappa shape index (κ3) is 2.11. The Morgan fingerprint density at radius 1 is 1.39 bits per heavy atom. The first-order valence-electron chi connectivity index (χ1n) is 5.82. The highest BCUT2D eigenvalue weighted by Crippen LogP contribution is 2.15. The molecule has 0 aromatic carbocycles. The van der Waals surface area contributed by atoms with Crippen molar-refractivity contribution in [2.24, 2.45) is 0 Å². The third-order valence-electron chi connectivity index (χ3n) is 2.92. The van der Waals surface area contributed by atoms with Gasteiger partial charge in [0.25, 0.3) is 0 Å². The number of H-pyrrole nitrogens is 1. The molecule has 3 heterocycles. The van der Waals surface area contributed by atoms with E-state index in [1.165, 1.54) is 4.88 Å². The Morgan fingerprint density at radius 3 is 3.06 bits per heavy atom. The smallest absolute Gasteiger partial charge is 0.179 e. The molecule has 0 unspecified atom stereocenters. The van der Waals surface area contributed by atoms with Gasteiger partial charge in [-0.1, -0.05) is 6.07 Å². The first kappa shape index (κ1) is 11.6. The number of aromatic amines is 1. The number of hydrogen-bond donors (Lipinski definition) is 1. The molecule has 0 fully saturated rings. The second-order valence-corrected chi connectivity index (χ2v) is 5.65. The van der Waals surface area contributed by atoms with Crippen LogP contribution in [0.15, 0.2) is 29.6 Å². The Kier molecular flexibility index (Phi) is 3.01. The van der Waals surface area contributed by atoms with Gasteiger partial charge in [-0.2, -0.15) is 0 Å². The van der Waals surface area contributed by atoms with Gasteiger partial charge in [-0.05, 0) is 49.1 Å². The molecule has 5 heteroatoms. The Bertz CT molecular complexity index is 722. The molecule has 0 aliphatic heterocycles. The summed E-state index contributed by atoms with van der Waals surface area (Å²) in [5, 5.41) is 2.10. The number of aryl methyl sites for hydroxylation is 3. The van der Waals surface area contributed by atoms with Crippen molar-refractivity contribution in [2.45, 2.75) is 19.9 Å². The van der Waals surface area contributed by atoms with Crippen LogP contribution in [0.1, 0.15) is 10.6 Å². The molecule has 0 saturated carbocycles. The molecule has 0 aliphatic carbocycles. The molecular formula is C13H13N3S2. The number of nitrogens with one attached hydrogen (secondary N) is 1. The maximum Gasteiger partial charge on any atom is 0.179 e. The van der Waals surface area contributed by atoms with Crippen molar-refractivity contribution in [2.75, 3.05) is 0 Å². The van der Waals surface area contributed by atoms with E-state index in [0.717, 1.165) is 34.6 Å². The Balaban J connectivity index is 1.98. The quantitative estimate of drug-likeness (QED) is 0.739. The van der Waals surface area contributed by atoms with Crippen LogP contribution in [0.3, 0.4) is 0 Å². The van der Waals surface area contributed by atoms with Gasteiger partial charge in [0.05, 0.1) is 5.52 Å². The van der Waals surface area contributed by atoms with Gasteiger partial charge in [0, 0.05) is 17.1 Å². The van der Waals surface area contributed by atoms with E-state index in [4.69, 9.17) is 12.2 Å². The van der Waals surface area contributed by atoms with E-state index >= 15 is 0 Å². The fourth-order valence-corrected chi connectivity index (χ4v) is 3.00. The molecular weight excluding hydrogens is 262 g/mol. The van der Waals surface area contributed by atoms with Gasteiger partial charge in [0.1, 0.15) is 0 Å². The Morgan fingerprint density at radius 2 is 2.28 bits per heavy atom. The highest BCUT2D eigenvalue weighted by molar-refractivity contribution is 7.71. The van der Waals surface area contributed by atoms with Crippen LogP contribution in [-0.4, -0.2) is 14.5 Å². The first-order chi connectivity index (χ1) is 8.74. The summed E-state index contributed by atoms with van der Waals surface area (Å²) in [6, 6.07) is 8.27. The standard InChI is InChI=1S/C13H13N3S2/c1-9-4-5-11-12(14-9)16(13(17)15-11)7-6-10-3-2-8-18-10/h2-5,8H,6-7H2,1H3,(H,15,17). The molecule has 0 bridgehead atoms. The van der Waals surface area contributed by atoms with Crippen LogP contribution in [-0.2, 0) is 13.0 Å². The summed E-state index contributed by atoms with van der Waals surface area (Å²) < 4.78 is 2.83. The zero-order valence-electron chi connectivity index (χ0n) is 10.0. The Hall–Kier alpha value is -1.46. The van der Waals surface area contributed by atoms with Gasteiger partial charge in [-0.25, -0.2) is 4.98 Å². The van der Waals surface area contributed by atoms with Gasteiger partial charge < -0.3 is 9.55 Å². The normalized spacial score (nSPS) is 11.2. The fraction of sp³-hybridized carbons (Fsp3) is 0.231. The second kappa shape index (κ2) is 4.66. The molecule has 3 aromatic heterocycles. The SMILES string of the molecule is Cc1ccc2[nH]c(=S)n(CCc3cccs3)c2n1. The minimum Gasteiger partial charge on any atom is -0.329 e. The van der Waals surface area contributed by atoms with Gasteiger partial charge in [0.15, 0.2) is 10.4 Å². The molecule has 0 amide bonds. The van der Waals surface area contributed by atoms with E-state index in [-0.39, 0.29) is 0 Å². The lowest BCUT2D eigenvalue weighted by atomic mass is 10.3. The Labute approximate surface area is 114 Å². The average molecular weight is 275 g/mol. The summed E-state index contributed by atoms with van der Waals surface area (Å²) in [5.74, 6) is 0. The van der Waals surface area contributed by atoms with Crippen LogP contribution in [0.25, 0.3) is 11.2 Å². The van der Waals surface area contributed by atoms with E-state index < -0.39 is 0 Å². The highest BCUT2D eigenvalue weighted by atomic mass is 32.1. The van der Waals surface area contributed by atoms with Crippen molar-refractivity contribution in [3.8, 4) is 0 Å². The lowest BCUT2D eigenvalue weighted by Crippen LogP contribution is -2.01. The van der Waals surface area contributed by atoms with Crippen molar-refractivity contribution < 1.29 is 0 Å². The molecule has 1 N–H and O–H groups in total. The zero-order chi connectivity index (χ0) is 12.5. The number of imidazole rings is 1. The maximum absolute atomic E-state index is 5.36. The number of rotatable bonds is 3. The summed E-state index contributed by atoms with van der Waals surface area (Å²) in [6.07, 6.45) is 0.995. The van der Waals surface area contributed by atoms with E-state index in [1.807, 2.05) is 19.1 Å². The van der Waals surface area contributed by atoms with Crippen molar-refractivity contribution in [3.05, 3.63) is 45.0 Å². The predicted molar refractivity (Wildman–Crippen MR) is 77.7 cm³/mol. The van der Waals surface area contributed by atoms with Gasteiger partial charge >= 0.3 is 0 Å². The van der Waals surface area contributed by atoms with Crippen LogP contribution in [0.2, 0.25) is 0 Å². The van der Waals surface area contributed by atoms with Crippen molar-refractivity contribution in [3.63, 3.8) is 0 Å². The minimum absolute atomic E-state index is 0.750. The van der Waals surface area contributed by atoms with E-state index in [1.54, 1.807) is 11.3 Å². The van der Waals surface area contributed by atoms with Crippen LogP contribution < -0.4 is 0 Å². The molecule has 0 aliphatic rings. The van der Waals surface area contributed by atoms with Crippen molar-refractivity contribution in [1.29, 1.82) is 0 Å². The number of fused-ring (bicyclic) bond motifs is 1. The highest BCUT2D eigenvalue weighted by Gasteiger charge is 2.06. The molecule has 92 valence electrons. The van der Waals surface area contributed by atoms with Crippen LogP contribution in [0.5, 0.6) is 0 Å². The monoisotopic (exact) mass is 275 g/mol. The maximum atomic E-state index is 5.36. The summed E-state index contributed by atoms with van der Waals surface area (Å²) in [4.78, 5) is 9.14. The van der Waals surface area contributed by atoms with Gasteiger partial charge in [-0.3, -0.25) is 0 Å². The molecule has 0 atom stereocenters. The summed E-state index contributed by atoms with van der Waals surface area (Å²) in [6.45, 7) is 2.87. The average Bonchev–Trinajstić information content (AvgIpc) is 2.94.